The van der Waals surface area contributed by atoms with Gasteiger partial charge in [-0.05, 0) is 25.1 Å². The normalized spacial score (nSPS) is 10.5. The average Bonchev–Trinajstić information content (AvgIpc) is 2.09. The van der Waals surface area contributed by atoms with Crippen molar-refractivity contribution >= 4 is 17.8 Å². The molecule has 0 spiro atoms. The van der Waals surface area contributed by atoms with E-state index in [9.17, 15) is 0 Å². The zero-order valence-electron chi connectivity index (χ0n) is 6.75. The molecule has 0 aliphatic carbocycles. The highest BCUT2D eigenvalue weighted by molar-refractivity contribution is 6.33. The van der Waals surface area contributed by atoms with Crippen molar-refractivity contribution in [2.45, 2.75) is 6.92 Å². The Kier molecular flexibility index (Phi) is 3.61. The lowest BCUT2D eigenvalue weighted by atomic mass is 10.2. The Morgan fingerprint density at radius 1 is 1.75 bits per heavy atom. The Balaban J connectivity index is 2.68. The second kappa shape index (κ2) is 4.78. The van der Waals surface area contributed by atoms with Crippen molar-refractivity contribution in [3.63, 3.8) is 0 Å². The Morgan fingerprint density at radius 3 is 3.25 bits per heavy atom. The number of oxime groups is 1. The van der Waals surface area contributed by atoms with Crippen molar-refractivity contribution in [3.8, 4) is 0 Å². The largest absolute Gasteiger partial charge is 0.396 e. The van der Waals surface area contributed by atoms with Crippen LogP contribution in [-0.4, -0.2) is 12.8 Å². The van der Waals surface area contributed by atoms with E-state index in [0.29, 0.717) is 11.6 Å². The third-order valence-corrected chi connectivity index (χ3v) is 1.58. The van der Waals surface area contributed by atoms with E-state index in [1.165, 1.54) is 0 Å². The number of hydrogen-bond acceptors (Lipinski definition) is 2. The van der Waals surface area contributed by atoms with Gasteiger partial charge in [-0.15, -0.1) is 0 Å². The number of halogens is 1. The van der Waals surface area contributed by atoms with Crippen molar-refractivity contribution in [1.29, 1.82) is 0 Å². The molecule has 12 heavy (non-hydrogen) atoms. The Morgan fingerprint density at radius 2 is 2.58 bits per heavy atom. The molecule has 0 saturated carbocycles. The molecule has 1 aromatic carbocycles. The predicted molar refractivity (Wildman–Crippen MR) is 49.5 cm³/mol. The van der Waals surface area contributed by atoms with Gasteiger partial charge in [0, 0.05) is 10.6 Å². The molecule has 63 valence electrons. The van der Waals surface area contributed by atoms with Crippen LogP contribution in [0.4, 0.5) is 0 Å². The van der Waals surface area contributed by atoms with Crippen LogP contribution in [0.1, 0.15) is 12.5 Å². The molecular weight excluding hydrogens is 174 g/mol. The van der Waals surface area contributed by atoms with Gasteiger partial charge in [0.1, 0.15) is 6.61 Å². The third-order valence-electron chi connectivity index (χ3n) is 1.24. The van der Waals surface area contributed by atoms with E-state index < -0.39 is 0 Å². The smallest absolute Gasteiger partial charge is 0.114 e. The minimum absolute atomic E-state index is 0.560. The molecular formula is C9H9ClNO. The van der Waals surface area contributed by atoms with E-state index in [2.05, 4.69) is 11.2 Å². The van der Waals surface area contributed by atoms with Crippen LogP contribution in [0.3, 0.4) is 0 Å². The Hall–Kier alpha value is -1.02. The lowest BCUT2D eigenvalue weighted by Gasteiger charge is -1.95. The lowest BCUT2D eigenvalue weighted by Crippen LogP contribution is -1.85. The molecule has 0 aromatic heterocycles. The second-order valence-electron chi connectivity index (χ2n) is 2.10. The zero-order valence-corrected chi connectivity index (χ0v) is 7.51. The van der Waals surface area contributed by atoms with E-state index in [0.717, 1.165) is 5.56 Å². The maximum absolute atomic E-state index is 5.84. The second-order valence-corrected chi connectivity index (χ2v) is 2.51. The van der Waals surface area contributed by atoms with Gasteiger partial charge in [-0.2, -0.15) is 0 Å². The zero-order chi connectivity index (χ0) is 8.81. The van der Waals surface area contributed by atoms with Crippen molar-refractivity contribution in [2.24, 2.45) is 5.16 Å². The summed E-state index contributed by atoms with van der Waals surface area (Å²) in [6.45, 7) is 2.43. The van der Waals surface area contributed by atoms with Crippen molar-refractivity contribution in [3.05, 3.63) is 34.9 Å². The highest BCUT2D eigenvalue weighted by atomic mass is 35.5. The fourth-order valence-electron chi connectivity index (χ4n) is 0.692. The molecule has 0 unspecified atom stereocenters. The van der Waals surface area contributed by atoms with Crippen LogP contribution in [0, 0.1) is 6.07 Å². The molecule has 1 rings (SSSR count). The summed E-state index contributed by atoms with van der Waals surface area (Å²) >= 11 is 5.84. The molecule has 1 aromatic rings. The van der Waals surface area contributed by atoms with Gasteiger partial charge in [0.05, 0.1) is 6.21 Å². The van der Waals surface area contributed by atoms with Gasteiger partial charge in [0.2, 0.25) is 0 Å². The number of nitrogens with zero attached hydrogens (tertiary/aromatic N) is 1. The predicted octanol–water partition coefficient (Wildman–Crippen LogP) is 2.51. The van der Waals surface area contributed by atoms with E-state index in [1.54, 1.807) is 24.4 Å². The van der Waals surface area contributed by atoms with Crippen LogP contribution >= 0.6 is 11.6 Å². The number of rotatable bonds is 3. The molecule has 0 aliphatic heterocycles. The summed E-state index contributed by atoms with van der Waals surface area (Å²) in [4.78, 5) is 4.79. The summed E-state index contributed by atoms with van der Waals surface area (Å²) in [5.41, 5.74) is 0.813. The summed E-state index contributed by atoms with van der Waals surface area (Å²) in [5.74, 6) is 0. The van der Waals surface area contributed by atoms with Gasteiger partial charge in [0.25, 0.3) is 0 Å². The van der Waals surface area contributed by atoms with Crippen LogP contribution in [0.2, 0.25) is 5.02 Å². The molecule has 2 nitrogen and oxygen atoms in total. The highest BCUT2D eigenvalue weighted by Crippen LogP contribution is 2.11. The van der Waals surface area contributed by atoms with Crippen LogP contribution in [0.15, 0.2) is 23.4 Å². The SMILES string of the molecule is CCON=Cc1c[c]ccc1Cl. The fraction of sp³-hybridized carbons (Fsp3) is 0.222. The van der Waals surface area contributed by atoms with E-state index in [-0.39, 0.29) is 0 Å². The minimum atomic E-state index is 0.560. The minimum Gasteiger partial charge on any atom is -0.396 e. The van der Waals surface area contributed by atoms with E-state index >= 15 is 0 Å². The first-order valence-corrected chi connectivity index (χ1v) is 4.03. The third kappa shape index (κ3) is 2.55. The van der Waals surface area contributed by atoms with Gasteiger partial charge in [-0.1, -0.05) is 22.8 Å². The summed E-state index contributed by atoms with van der Waals surface area (Å²) in [5, 5.41) is 4.34. The van der Waals surface area contributed by atoms with Crippen molar-refractivity contribution < 1.29 is 4.84 Å². The maximum Gasteiger partial charge on any atom is 0.114 e. The van der Waals surface area contributed by atoms with Gasteiger partial charge >= 0.3 is 0 Å². The summed E-state index contributed by atoms with van der Waals surface area (Å²) in [6, 6.07) is 8.16. The first-order valence-electron chi connectivity index (χ1n) is 3.65. The Labute approximate surface area is 76.8 Å². The molecule has 0 atom stereocenters. The molecule has 0 amide bonds. The van der Waals surface area contributed by atoms with Crippen LogP contribution in [0.25, 0.3) is 0 Å². The van der Waals surface area contributed by atoms with E-state index in [1.807, 2.05) is 6.92 Å². The van der Waals surface area contributed by atoms with Gasteiger partial charge < -0.3 is 4.84 Å². The first kappa shape index (κ1) is 9.07. The quantitative estimate of drug-likeness (QED) is 0.520. The molecule has 0 saturated heterocycles. The molecule has 3 heteroatoms. The van der Waals surface area contributed by atoms with Gasteiger partial charge in [-0.25, -0.2) is 0 Å². The highest BCUT2D eigenvalue weighted by Gasteiger charge is 1.93. The maximum atomic E-state index is 5.84. The molecule has 0 heterocycles. The average molecular weight is 183 g/mol. The van der Waals surface area contributed by atoms with Crippen molar-refractivity contribution in [2.75, 3.05) is 6.61 Å². The monoisotopic (exact) mass is 182 g/mol. The van der Waals surface area contributed by atoms with Gasteiger partial charge in [0.15, 0.2) is 0 Å². The number of hydrogen-bond donors (Lipinski definition) is 0. The van der Waals surface area contributed by atoms with Crippen molar-refractivity contribution in [1.82, 2.24) is 0 Å². The fourth-order valence-corrected chi connectivity index (χ4v) is 0.858. The summed E-state index contributed by atoms with van der Waals surface area (Å²) < 4.78 is 0. The molecule has 0 bridgehead atoms. The molecule has 0 aliphatic rings. The van der Waals surface area contributed by atoms with Crippen LogP contribution in [0.5, 0.6) is 0 Å². The van der Waals surface area contributed by atoms with Crippen LogP contribution in [-0.2, 0) is 4.84 Å². The number of benzene rings is 1. The first-order chi connectivity index (χ1) is 5.84. The molecule has 0 fully saturated rings. The lowest BCUT2D eigenvalue weighted by molar-refractivity contribution is 0.160. The Bertz CT molecular complexity index is 273. The molecule has 1 radical (unpaired) electrons. The summed E-state index contributed by atoms with van der Waals surface area (Å²) in [6.07, 6.45) is 1.57. The van der Waals surface area contributed by atoms with Crippen LogP contribution < -0.4 is 0 Å². The van der Waals surface area contributed by atoms with Gasteiger partial charge in [-0.3, -0.25) is 0 Å². The standard InChI is InChI=1S/C9H9ClNO/c1-2-12-11-7-8-5-3-4-6-9(8)10/h4-7H,2H2,1H3. The topological polar surface area (TPSA) is 21.6 Å². The van der Waals surface area contributed by atoms with E-state index in [4.69, 9.17) is 16.4 Å². The molecule has 0 N–H and O–H groups in total. The summed E-state index contributed by atoms with van der Waals surface area (Å²) in [7, 11) is 0.